The van der Waals surface area contributed by atoms with Crippen molar-refractivity contribution in [2.24, 2.45) is 50.7 Å². The summed E-state index contributed by atoms with van der Waals surface area (Å²) in [7, 11) is 0. The Labute approximate surface area is 285 Å². The van der Waals surface area contributed by atoms with Gasteiger partial charge in [-0.2, -0.15) is 0 Å². The van der Waals surface area contributed by atoms with E-state index in [-0.39, 0.29) is 46.2 Å². The number of hydrogen-bond donors (Lipinski definition) is 5. The second-order valence-electron chi connectivity index (χ2n) is 18.1. The molecular weight excluding hydrogens is 620 g/mol. The van der Waals surface area contributed by atoms with Gasteiger partial charge in [-0.1, -0.05) is 34.6 Å². The Balaban J connectivity index is 1.26. The molecule has 6 rings (SSSR count). The number of aldehydes is 1. The maximum Gasteiger partial charge on any atom is 0.303 e. The molecule has 274 valence electrons. The minimum atomic E-state index is -2.06. The van der Waals surface area contributed by atoms with E-state index in [1.54, 1.807) is 13.8 Å². The minimum absolute atomic E-state index is 0.0884. The molecule has 0 radical (unpaired) electrons. The van der Waals surface area contributed by atoms with Crippen LogP contribution in [0, 0.1) is 50.7 Å². The van der Waals surface area contributed by atoms with Gasteiger partial charge in [-0.3, -0.25) is 4.79 Å². The molecule has 2 spiro atoms. The summed E-state index contributed by atoms with van der Waals surface area (Å²) >= 11 is 0. The van der Waals surface area contributed by atoms with Crippen LogP contribution in [0.4, 0.5) is 0 Å². The fourth-order valence-electron chi connectivity index (χ4n) is 13.3. The molecule has 0 aromatic carbocycles. The van der Waals surface area contributed by atoms with Crippen molar-refractivity contribution in [3.8, 4) is 0 Å². The zero-order valence-corrected chi connectivity index (χ0v) is 30.1. The maximum absolute atomic E-state index is 12.5. The standard InChI is InChI=1S/C37H60O11/c1-19-17-21(29(33(5,6)44)46-20(2)39)47-27-25(19)34(7)13-14-37-18-36(37)12-11-24(48-31(45-16-15-38)26(40)30(42)43)32(3,4)22(36)9-10-23(37)35(34,8)28(27)41/h15,19,21-31,40-44H,9-14,16-18H2,1-8H3. The number of esters is 1. The third-order valence-corrected chi connectivity index (χ3v) is 15.3. The topological polar surface area (TPSA) is 172 Å². The van der Waals surface area contributed by atoms with Crippen LogP contribution in [0.25, 0.3) is 0 Å². The van der Waals surface area contributed by atoms with Crippen LogP contribution < -0.4 is 0 Å². The van der Waals surface area contributed by atoms with Crippen LogP contribution in [0.3, 0.4) is 0 Å². The van der Waals surface area contributed by atoms with Gasteiger partial charge in [0.2, 0.25) is 0 Å². The van der Waals surface area contributed by atoms with Crippen molar-refractivity contribution >= 4 is 12.3 Å². The normalized spacial score (nSPS) is 47.8. The van der Waals surface area contributed by atoms with E-state index < -0.39 is 60.1 Å². The van der Waals surface area contributed by atoms with E-state index in [0.29, 0.717) is 31.0 Å². The van der Waals surface area contributed by atoms with Crippen molar-refractivity contribution in [2.75, 3.05) is 6.61 Å². The molecule has 15 unspecified atom stereocenters. The molecule has 0 aromatic rings. The minimum Gasteiger partial charge on any atom is -0.457 e. The summed E-state index contributed by atoms with van der Waals surface area (Å²) < 4.78 is 24.2. The van der Waals surface area contributed by atoms with Crippen LogP contribution in [0.1, 0.15) is 107 Å². The van der Waals surface area contributed by atoms with E-state index >= 15 is 0 Å². The van der Waals surface area contributed by atoms with Crippen LogP contribution in [0.15, 0.2) is 0 Å². The van der Waals surface area contributed by atoms with Crippen LogP contribution in [0.5, 0.6) is 0 Å². The van der Waals surface area contributed by atoms with Gasteiger partial charge in [0.1, 0.15) is 12.9 Å². The number of carbonyl (C=O) groups is 2. The number of fused-ring (bicyclic) bond motifs is 4. The Bertz CT molecular complexity index is 1250. The van der Waals surface area contributed by atoms with Gasteiger partial charge < -0.3 is 49.3 Å². The summed E-state index contributed by atoms with van der Waals surface area (Å²) in [6.07, 6.45) is 0.0254. The van der Waals surface area contributed by atoms with Crippen LogP contribution in [-0.2, 0) is 28.5 Å². The van der Waals surface area contributed by atoms with Crippen molar-refractivity contribution in [1.29, 1.82) is 0 Å². The Hall–Kier alpha value is -1.18. The van der Waals surface area contributed by atoms with Gasteiger partial charge in [0.05, 0.1) is 30.0 Å². The van der Waals surface area contributed by atoms with Crippen molar-refractivity contribution in [2.45, 2.75) is 162 Å². The van der Waals surface area contributed by atoms with Gasteiger partial charge in [0.15, 0.2) is 24.8 Å². The highest BCUT2D eigenvalue weighted by Crippen LogP contribution is 2.89. The lowest BCUT2D eigenvalue weighted by Gasteiger charge is -2.64. The average molecular weight is 681 g/mol. The predicted molar refractivity (Wildman–Crippen MR) is 173 cm³/mol. The lowest BCUT2D eigenvalue weighted by Crippen LogP contribution is -2.60. The number of rotatable bonds is 10. The van der Waals surface area contributed by atoms with E-state index in [1.165, 1.54) is 6.92 Å². The number of aliphatic hydroxyl groups is 5. The first kappa shape index (κ1) is 36.6. The average Bonchev–Trinajstić information content (AvgIpc) is 3.62. The van der Waals surface area contributed by atoms with Gasteiger partial charge in [-0.05, 0) is 111 Å². The van der Waals surface area contributed by atoms with Gasteiger partial charge >= 0.3 is 5.97 Å². The van der Waals surface area contributed by atoms with Crippen LogP contribution >= 0.6 is 0 Å². The quantitative estimate of drug-likeness (QED) is 0.130. The first-order chi connectivity index (χ1) is 22.2. The monoisotopic (exact) mass is 680 g/mol. The van der Waals surface area contributed by atoms with E-state index in [0.717, 1.165) is 38.5 Å². The molecule has 0 aromatic heterocycles. The second kappa shape index (κ2) is 11.9. The highest BCUT2D eigenvalue weighted by molar-refractivity contribution is 5.66. The molecule has 6 fully saturated rings. The lowest BCUT2D eigenvalue weighted by atomic mass is 9.41. The third kappa shape index (κ3) is 5.03. The van der Waals surface area contributed by atoms with E-state index in [9.17, 15) is 35.1 Å². The summed E-state index contributed by atoms with van der Waals surface area (Å²) in [6, 6.07) is 0. The van der Waals surface area contributed by atoms with Gasteiger partial charge in [-0.25, -0.2) is 0 Å². The summed E-state index contributed by atoms with van der Waals surface area (Å²) in [5.74, 6) is 0.495. The first-order valence-corrected chi connectivity index (χ1v) is 18.2. The molecule has 11 nitrogen and oxygen atoms in total. The number of ether oxygens (including phenoxy) is 4. The zero-order valence-electron chi connectivity index (χ0n) is 30.1. The largest absolute Gasteiger partial charge is 0.457 e. The molecule has 1 aliphatic heterocycles. The molecule has 5 saturated carbocycles. The zero-order chi connectivity index (χ0) is 35.4. The summed E-state index contributed by atoms with van der Waals surface area (Å²) in [5, 5.41) is 53.2. The highest BCUT2D eigenvalue weighted by Gasteiger charge is 2.84. The molecular formula is C37H60O11. The van der Waals surface area contributed by atoms with E-state index in [1.807, 2.05) is 0 Å². The Morgan fingerprint density at radius 2 is 1.67 bits per heavy atom. The molecule has 1 saturated heterocycles. The van der Waals surface area contributed by atoms with Crippen LogP contribution in [-0.4, -0.2) is 99.2 Å². The molecule has 11 heteroatoms. The number of carbonyl (C=O) groups excluding carboxylic acids is 2. The summed E-state index contributed by atoms with van der Waals surface area (Å²) in [5.41, 5.74) is -1.97. The molecule has 0 bridgehead atoms. The fourth-order valence-corrected chi connectivity index (χ4v) is 13.3. The van der Waals surface area contributed by atoms with Crippen molar-refractivity contribution < 1.29 is 54.1 Å². The first-order valence-electron chi connectivity index (χ1n) is 18.2. The van der Waals surface area contributed by atoms with Gasteiger partial charge in [0.25, 0.3) is 0 Å². The van der Waals surface area contributed by atoms with E-state index in [2.05, 4.69) is 34.6 Å². The molecule has 6 aliphatic rings. The Morgan fingerprint density at radius 1 is 1.02 bits per heavy atom. The molecule has 5 aliphatic carbocycles. The molecule has 5 N–H and O–H groups in total. The Morgan fingerprint density at radius 3 is 2.27 bits per heavy atom. The fraction of sp³-hybridized carbons (Fsp3) is 0.946. The molecule has 1 heterocycles. The summed E-state index contributed by atoms with van der Waals surface area (Å²) in [6.45, 7) is 15.6. The summed E-state index contributed by atoms with van der Waals surface area (Å²) in [4.78, 5) is 23.1. The smallest absolute Gasteiger partial charge is 0.303 e. The van der Waals surface area contributed by atoms with E-state index in [4.69, 9.17) is 18.9 Å². The lowest BCUT2D eigenvalue weighted by molar-refractivity contribution is -0.284. The van der Waals surface area contributed by atoms with Gasteiger partial charge in [0, 0.05) is 12.3 Å². The van der Waals surface area contributed by atoms with Gasteiger partial charge in [-0.15, -0.1) is 0 Å². The molecule has 48 heavy (non-hydrogen) atoms. The predicted octanol–water partition coefficient (Wildman–Crippen LogP) is 3.10. The highest BCUT2D eigenvalue weighted by atomic mass is 16.7. The number of hydrogen-bond acceptors (Lipinski definition) is 11. The SMILES string of the molecule is CC(=O)OC(C1CC(C)C2C(O1)C(O)C1(C)C3CCC4C(C)(C)C(OC(OCC=O)C(O)C(O)O)CCC45CC35CCC21C)C(C)(C)O. The van der Waals surface area contributed by atoms with Crippen LogP contribution in [0.2, 0.25) is 0 Å². The second-order valence-corrected chi connectivity index (χ2v) is 18.1. The molecule has 15 atom stereocenters. The molecule has 0 amide bonds. The number of aliphatic hydroxyl groups excluding tert-OH is 3. The Kier molecular flexibility index (Phi) is 9.10. The van der Waals surface area contributed by atoms with Crippen molar-refractivity contribution in [3.05, 3.63) is 0 Å². The van der Waals surface area contributed by atoms with Crippen molar-refractivity contribution in [1.82, 2.24) is 0 Å². The third-order valence-electron chi connectivity index (χ3n) is 15.3. The van der Waals surface area contributed by atoms with Crippen molar-refractivity contribution in [3.63, 3.8) is 0 Å². The maximum atomic E-state index is 12.5.